The molecule has 0 spiro atoms. The van der Waals surface area contributed by atoms with Crippen LogP contribution in [0.4, 0.5) is 11.4 Å². The first-order valence-electron chi connectivity index (χ1n) is 24.7. The molecule has 0 aromatic heterocycles. The molecule has 0 amide bonds. The Morgan fingerprint density at radius 1 is 0.662 bits per heavy atom. The Balaban J connectivity index is 0.848. The highest BCUT2D eigenvalue weighted by Gasteiger charge is 2.27. The van der Waals surface area contributed by atoms with Gasteiger partial charge in [-0.05, 0) is 154 Å². The first-order valence-corrected chi connectivity index (χ1v) is 24.7. The lowest BCUT2D eigenvalue weighted by molar-refractivity contribution is 0.483. The van der Waals surface area contributed by atoms with Gasteiger partial charge in [-0.2, -0.15) is 0 Å². The normalized spacial score (nSPS) is 20.5. The third-order valence-corrected chi connectivity index (χ3v) is 14.9. The summed E-state index contributed by atoms with van der Waals surface area (Å²) >= 11 is 0. The van der Waals surface area contributed by atoms with Crippen LogP contribution in [0.5, 0.6) is 0 Å². The smallest absolute Gasteiger partial charge is 0.0566 e. The second-order valence-electron chi connectivity index (χ2n) is 19.8. The fourth-order valence-corrected chi connectivity index (χ4v) is 10.9. The molecule has 0 saturated carbocycles. The fourth-order valence-electron chi connectivity index (χ4n) is 10.9. The molecular weight excluding hydrogens is 783 g/mol. The van der Waals surface area contributed by atoms with Crippen LogP contribution in [0.15, 0.2) is 192 Å². The lowest BCUT2D eigenvalue weighted by atomic mass is 9.74. The van der Waals surface area contributed by atoms with Crippen molar-refractivity contribution in [3.63, 3.8) is 0 Å². The lowest BCUT2D eigenvalue weighted by Crippen LogP contribution is -2.32. The molecule has 1 heteroatoms. The van der Waals surface area contributed by atoms with Crippen LogP contribution >= 0.6 is 0 Å². The molecule has 65 heavy (non-hydrogen) atoms. The largest absolute Gasteiger partial charge is 0.334 e. The molecule has 0 N–H and O–H groups in total. The molecular formula is C64H65N. The van der Waals surface area contributed by atoms with Gasteiger partial charge in [0, 0.05) is 23.2 Å². The van der Waals surface area contributed by atoms with Crippen molar-refractivity contribution in [2.75, 3.05) is 4.90 Å². The van der Waals surface area contributed by atoms with Crippen molar-refractivity contribution in [2.45, 2.75) is 96.9 Å². The molecule has 0 saturated heterocycles. The summed E-state index contributed by atoms with van der Waals surface area (Å²) in [6.07, 6.45) is 42.5. The standard InChI is InChI=1S/C64H65N/c1-44(2)52-27-28-57-43-63(36-32-56(57)38-52)65(62-35-31-50-13-6-8-15-55(50)42-62)61-33-20-48(21-34-61)19-18-46-10-9-11-47(17-16-46)22-37-64(58-29-24-49-12-5-7-14-54(49)40-58)59-30-25-51-23-26-53(45(3)4)39-60(51)41-59/h5-6,8,10-13,15-21,24-25,27-36,38-41,43-45,49,54,62,64H,7,9,14,22-23,26,37,42H2,1-4H3/b19-18+. The Hall–Kier alpha value is -6.18. The van der Waals surface area contributed by atoms with E-state index >= 15 is 0 Å². The number of anilines is 2. The number of nitrogens with zero attached hydrogens (tertiary/aromatic N) is 1. The van der Waals surface area contributed by atoms with Gasteiger partial charge < -0.3 is 4.90 Å². The van der Waals surface area contributed by atoms with Gasteiger partial charge in [-0.3, -0.25) is 0 Å². The third-order valence-electron chi connectivity index (χ3n) is 14.9. The van der Waals surface area contributed by atoms with Gasteiger partial charge in [0.05, 0.1) is 6.04 Å². The Morgan fingerprint density at radius 3 is 2.37 bits per heavy atom. The minimum atomic E-state index is 0.211. The molecule has 5 aliphatic rings. The quantitative estimate of drug-likeness (QED) is 0.113. The van der Waals surface area contributed by atoms with Crippen molar-refractivity contribution in [3.8, 4) is 0 Å². The van der Waals surface area contributed by atoms with Crippen molar-refractivity contribution in [2.24, 2.45) is 17.8 Å². The molecule has 4 unspecified atom stereocenters. The van der Waals surface area contributed by atoms with E-state index in [1.165, 1.54) is 97.1 Å². The SMILES string of the molecule is CC(C)C1=Cc2cc(C(CCC3=CCC=C(/C=C/c4ccc(N(c5ccc6cc(C(C)C)ccc6c5)C5C=Cc6ccccc6C5)cc4)C=C3)C3=CC4CCC=CC4C=C3)ccc2CC1. The molecule has 4 atom stereocenters. The van der Waals surface area contributed by atoms with Gasteiger partial charge in [0.1, 0.15) is 0 Å². The van der Waals surface area contributed by atoms with Crippen molar-refractivity contribution >= 4 is 40.4 Å². The third kappa shape index (κ3) is 9.62. The van der Waals surface area contributed by atoms with Crippen LogP contribution in [0.1, 0.15) is 117 Å². The van der Waals surface area contributed by atoms with Crippen LogP contribution in [-0.4, -0.2) is 6.04 Å². The summed E-state index contributed by atoms with van der Waals surface area (Å²) in [6, 6.07) is 39.5. The van der Waals surface area contributed by atoms with Crippen LogP contribution in [0.25, 0.3) is 29.0 Å². The monoisotopic (exact) mass is 848 g/mol. The first-order chi connectivity index (χ1) is 31.8. The van der Waals surface area contributed by atoms with Crippen molar-refractivity contribution in [1.29, 1.82) is 0 Å². The highest BCUT2D eigenvalue weighted by atomic mass is 15.2. The van der Waals surface area contributed by atoms with E-state index in [-0.39, 0.29) is 6.04 Å². The molecule has 0 bridgehead atoms. The van der Waals surface area contributed by atoms with Crippen LogP contribution in [-0.2, 0) is 12.8 Å². The van der Waals surface area contributed by atoms with Gasteiger partial charge in [0.2, 0.25) is 0 Å². The van der Waals surface area contributed by atoms with E-state index in [9.17, 15) is 0 Å². The maximum absolute atomic E-state index is 2.64. The molecule has 0 aliphatic heterocycles. The van der Waals surface area contributed by atoms with E-state index in [0.717, 1.165) is 32.1 Å². The predicted octanol–water partition coefficient (Wildman–Crippen LogP) is 17.2. The fraction of sp³-hybridized carbons (Fsp3) is 0.281. The van der Waals surface area contributed by atoms with Crippen molar-refractivity contribution < 1.29 is 0 Å². The maximum atomic E-state index is 2.64. The molecule has 0 radical (unpaired) electrons. The van der Waals surface area contributed by atoms with Gasteiger partial charge in [-0.1, -0.05) is 203 Å². The van der Waals surface area contributed by atoms with E-state index in [4.69, 9.17) is 0 Å². The average molecular weight is 848 g/mol. The molecule has 5 aliphatic carbocycles. The zero-order valence-electron chi connectivity index (χ0n) is 39.0. The number of benzene rings is 5. The summed E-state index contributed by atoms with van der Waals surface area (Å²) in [6.45, 7) is 9.22. The molecule has 0 heterocycles. The zero-order chi connectivity index (χ0) is 44.3. The first kappa shape index (κ1) is 42.8. The summed E-state index contributed by atoms with van der Waals surface area (Å²) in [7, 11) is 0. The summed E-state index contributed by atoms with van der Waals surface area (Å²) in [5.41, 5.74) is 18.0. The molecule has 10 rings (SSSR count). The molecule has 1 nitrogen and oxygen atoms in total. The number of fused-ring (bicyclic) bond motifs is 4. The Labute approximate surface area is 389 Å². The van der Waals surface area contributed by atoms with E-state index in [2.05, 4.69) is 221 Å². The number of hydrogen-bond donors (Lipinski definition) is 0. The molecule has 5 aromatic rings. The second kappa shape index (κ2) is 19.1. The highest BCUT2D eigenvalue weighted by molar-refractivity contribution is 5.88. The molecule has 5 aromatic carbocycles. The van der Waals surface area contributed by atoms with Crippen molar-refractivity contribution in [3.05, 3.63) is 231 Å². The number of hydrogen-bond acceptors (Lipinski definition) is 1. The Morgan fingerprint density at radius 2 is 1.49 bits per heavy atom. The number of aryl methyl sites for hydroxylation is 1. The average Bonchev–Trinajstić information content (AvgIpc) is 3.58. The number of allylic oxidation sites excluding steroid dienone is 14. The lowest BCUT2D eigenvalue weighted by Gasteiger charge is -2.34. The van der Waals surface area contributed by atoms with Crippen LogP contribution in [0, 0.1) is 17.8 Å². The van der Waals surface area contributed by atoms with E-state index < -0.39 is 0 Å². The van der Waals surface area contributed by atoms with Crippen LogP contribution < -0.4 is 4.90 Å². The zero-order valence-corrected chi connectivity index (χ0v) is 39.0. The Kier molecular flexibility index (Phi) is 12.6. The summed E-state index contributed by atoms with van der Waals surface area (Å²) in [5.74, 6) is 2.67. The highest BCUT2D eigenvalue weighted by Crippen LogP contribution is 2.41. The van der Waals surface area contributed by atoms with Crippen molar-refractivity contribution in [1.82, 2.24) is 0 Å². The van der Waals surface area contributed by atoms with Gasteiger partial charge in [0.25, 0.3) is 0 Å². The topological polar surface area (TPSA) is 3.24 Å². The van der Waals surface area contributed by atoms with E-state index in [1.807, 2.05) is 0 Å². The second-order valence-corrected chi connectivity index (χ2v) is 19.8. The maximum Gasteiger partial charge on any atom is 0.0566 e. The number of rotatable bonds is 12. The Bertz CT molecular complexity index is 2840. The van der Waals surface area contributed by atoms with Crippen LogP contribution in [0.2, 0.25) is 0 Å². The van der Waals surface area contributed by atoms with Gasteiger partial charge >= 0.3 is 0 Å². The van der Waals surface area contributed by atoms with Gasteiger partial charge in [-0.25, -0.2) is 0 Å². The van der Waals surface area contributed by atoms with Gasteiger partial charge in [0.15, 0.2) is 0 Å². The minimum absolute atomic E-state index is 0.211. The van der Waals surface area contributed by atoms with Crippen LogP contribution in [0.3, 0.4) is 0 Å². The molecule has 0 fully saturated rings. The van der Waals surface area contributed by atoms with E-state index in [1.54, 1.807) is 5.57 Å². The predicted molar refractivity (Wildman–Crippen MR) is 281 cm³/mol. The summed E-state index contributed by atoms with van der Waals surface area (Å²) in [5, 5.41) is 2.58. The summed E-state index contributed by atoms with van der Waals surface area (Å²) < 4.78 is 0. The molecule has 326 valence electrons. The summed E-state index contributed by atoms with van der Waals surface area (Å²) in [4.78, 5) is 2.53. The minimum Gasteiger partial charge on any atom is -0.334 e. The van der Waals surface area contributed by atoms with Gasteiger partial charge in [-0.15, -0.1) is 0 Å². The van der Waals surface area contributed by atoms with E-state index in [0.29, 0.717) is 29.6 Å².